The number of esters is 1. The highest BCUT2D eigenvalue weighted by Gasteiger charge is 2.64. The molecule has 6 atom stereocenters. The SMILES string of the molecule is CC(=O)O[C@H]1CC[C@@]2(C)C(=C([N+](=O)[O-])C[C@@H]3[C@@H]2CC[C@]2(C)C(S(=O)(=O)C(F)(F)F)=CC[C@@H]32)C1. The van der Waals surface area contributed by atoms with Gasteiger partial charge < -0.3 is 4.74 Å². The number of hydrogen-bond donors (Lipinski definition) is 0. The molecular formula is C22H28F3NO6S. The molecule has 0 spiro atoms. The van der Waals surface area contributed by atoms with E-state index in [-0.39, 0.29) is 43.2 Å². The molecule has 0 bridgehead atoms. The minimum atomic E-state index is -5.46. The van der Waals surface area contributed by atoms with Gasteiger partial charge in [-0.25, -0.2) is 8.42 Å². The Kier molecular flexibility index (Phi) is 5.54. The number of nitro groups is 1. The standard InChI is InChI=1S/C22H28F3NO6S/c1-12(27)32-13-6-8-20(2)16-7-9-21(3)15(4-5-19(21)33(30,31)22(23,24)25)14(16)11-18(26(28)29)17(20)10-13/h5,13-16H,4,6-11H2,1-3H3/t13-,14-,15-,16-,20+,21-/m0/s1. The first kappa shape index (κ1) is 24.2. The molecule has 0 saturated heterocycles. The number of fused-ring (bicyclic) bond motifs is 5. The van der Waals surface area contributed by atoms with Gasteiger partial charge in [-0.3, -0.25) is 14.9 Å². The van der Waals surface area contributed by atoms with Gasteiger partial charge in [0.25, 0.3) is 9.84 Å². The summed E-state index contributed by atoms with van der Waals surface area (Å²) in [7, 11) is -5.46. The van der Waals surface area contributed by atoms with Gasteiger partial charge in [-0.1, -0.05) is 19.9 Å². The van der Waals surface area contributed by atoms with E-state index in [0.29, 0.717) is 24.8 Å². The Hall–Kier alpha value is -1.91. The van der Waals surface area contributed by atoms with Crippen molar-refractivity contribution >= 4 is 15.8 Å². The summed E-state index contributed by atoms with van der Waals surface area (Å²) >= 11 is 0. The van der Waals surface area contributed by atoms with Gasteiger partial charge in [0.15, 0.2) is 0 Å². The van der Waals surface area contributed by atoms with Gasteiger partial charge in [-0.15, -0.1) is 0 Å². The van der Waals surface area contributed by atoms with Crippen LogP contribution in [0.15, 0.2) is 22.3 Å². The summed E-state index contributed by atoms with van der Waals surface area (Å²) in [5, 5.41) is 12.1. The van der Waals surface area contributed by atoms with Crippen molar-refractivity contribution in [3.05, 3.63) is 32.4 Å². The molecule has 0 radical (unpaired) electrons. The number of ether oxygens (including phenoxy) is 1. The summed E-state index contributed by atoms with van der Waals surface area (Å²) in [6.45, 7) is 4.85. The van der Waals surface area contributed by atoms with Crippen molar-refractivity contribution in [2.75, 3.05) is 0 Å². The maximum absolute atomic E-state index is 13.4. The first-order valence-corrected chi connectivity index (χ1v) is 12.7. The first-order valence-electron chi connectivity index (χ1n) is 11.2. The van der Waals surface area contributed by atoms with Gasteiger partial charge >= 0.3 is 11.5 Å². The largest absolute Gasteiger partial charge is 0.501 e. The zero-order valence-electron chi connectivity index (χ0n) is 18.8. The number of hydrogen-bond acceptors (Lipinski definition) is 6. The van der Waals surface area contributed by atoms with E-state index in [1.54, 1.807) is 6.92 Å². The second-order valence-corrected chi connectivity index (χ2v) is 12.3. The van der Waals surface area contributed by atoms with Crippen LogP contribution in [0.4, 0.5) is 13.2 Å². The van der Waals surface area contributed by atoms with Gasteiger partial charge in [0.2, 0.25) is 5.70 Å². The van der Waals surface area contributed by atoms with Gasteiger partial charge in [-0.2, -0.15) is 13.2 Å². The molecule has 0 N–H and O–H groups in total. The van der Waals surface area contributed by atoms with Crippen LogP contribution in [0.1, 0.15) is 65.7 Å². The van der Waals surface area contributed by atoms with Crippen molar-refractivity contribution in [3.63, 3.8) is 0 Å². The zero-order valence-corrected chi connectivity index (χ0v) is 19.6. The molecule has 4 rings (SSSR count). The van der Waals surface area contributed by atoms with Gasteiger partial charge in [-0.05, 0) is 55.3 Å². The lowest BCUT2D eigenvalue weighted by Gasteiger charge is -2.57. The summed E-state index contributed by atoms with van der Waals surface area (Å²) in [5.41, 5.74) is -6.38. The van der Waals surface area contributed by atoms with Crippen molar-refractivity contribution < 1.29 is 36.0 Å². The van der Waals surface area contributed by atoms with Crippen LogP contribution in [0, 0.1) is 38.7 Å². The highest BCUT2D eigenvalue weighted by atomic mass is 32.2. The molecular weight excluding hydrogens is 463 g/mol. The van der Waals surface area contributed by atoms with Crippen molar-refractivity contribution in [2.24, 2.45) is 28.6 Å². The Morgan fingerprint density at radius 2 is 1.79 bits per heavy atom. The summed E-state index contributed by atoms with van der Waals surface area (Å²) in [6, 6.07) is 0. The van der Waals surface area contributed by atoms with Gasteiger partial charge in [0.1, 0.15) is 6.10 Å². The fourth-order valence-electron chi connectivity index (χ4n) is 7.33. The van der Waals surface area contributed by atoms with Crippen molar-refractivity contribution in [3.8, 4) is 0 Å². The Morgan fingerprint density at radius 3 is 2.36 bits per heavy atom. The van der Waals surface area contributed by atoms with Gasteiger partial charge in [0, 0.05) is 30.8 Å². The van der Waals surface area contributed by atoms with E-state index in [4.69, 9.17) is 4.74 Å². The molecule has 184 valence electrons. The van der Waals surface area contributed by atoms with Gasteiger partial charge in [0.05, 0.1) is 9.83 Å². The molecule has 33 heavy (non-hydrogen) atoms. The summed E-state index contributed by atoms with van der Waals surface area (Å²) < 4.78 is 70.0. The van der Waals surface area contributed by atoms with E-state index in [2.05, 4.69) is 0 Å². The van der Waals surface area contributed by atoms with Crippen LogP contribution >= 0.6 is 0 Å². The number of nitrogens with zero attached hydrogens (tertiary/aromatic N) is 1. The molecule has 4 aliphatic carbocycles. The summed E-state index contributed by atoms with van der Waals surface area (Å²) in [5.74, 6) is -1.15. The molecule has 4 aliphatic rings. The van der Waals surface area contributed by atoms with Crippen LogP contribution < -0.4 is 0 Å². The smallest absolute Gasteiger partial charge is 0.462 e. The minimum Gasteiger partial charge on any atom is -0.462 e. The molecule has 7 nitrogen and oxygen atoms in total. The van der Waals surface area contributed by atoms with Crippen molar-refractivity contribution in [2.45, 2.75) is 77.3 Å². The van der Waals surface area contributed by atoms with Crippen LogP contribution in [0.2, 0.25) is 0 Å². The Labute approximate surface area is 190 Å². The van der Waals surface area contributed by atoms with Crippen LogP contribution in [-0.4, -0.2) is 30.9 Å². The number of allylic oxidation sites excluding steroid dienone is 3. The van der Waals surface area contributed by atoms with Crippen molar-refractivity contribution in [1.82, 2.24) is 0 Å². The molecule has 0 aromatic heterocycles. The lowest BCUT2D eigenvalue weighted by Crippen LogP contribution is -2.52. The predicted octanol–water partition coefficient (Wildman–Crippen LogP) is 4.91. The molecule has 0 aromatic rings. The minimum absolute atomic E-state index is 0.00565. The highest BCUT2D eigenvalue weighted by molar-refractivity contribution is 7.96. The lowest BCUT2D eigenvalue weighted by molar-refractivity contribution is -0.434. The number of carbonyl (C=O) groups excluding carboxylic acids is 1. The lowest BCUT2D eigenvalue weighted by atomic mass is 9.47. The third-order valence-electron chi connectivity index (χ3n) is 8.80. The maximum Gasteiger partial charge on any atom is 0.501 e. The first-order chi connectivity index (χ1) is 15.1. The Morgan fingerprint density at radius 1 is 1.15 bits per heavy atom. The summed E-state index contributed by atoms with van der Waals surface area (Å²) in [6.07, 6.45) is 3.20. The van der Waals surface area contributed by atoms with Crippen molar-refractivity contribution in [1.29, 1.82) is 0 Å². The van der Waals surface area contributed by atoms with Crippen LogP contribution in [0.3, 0.4) is 0 Å². The number of carbonyl (C=O) groups is 1. The van der Waals surface area contributed by atoms with E-state index in [1.165, 1.54) is 13.0 Å². The Bertz CT molecular complexity index is 1060. The molecule has 0 aromatic carbocycles. The molecule has 0 heterocycles. The third-order valence-corrected chi connectivity index (χ3v) is 10.6. The number of alkyl halides is 3. The van der Waals surface area contributed by atoms with E-state index in [9.17, 15) is 36.5 Å². The van der Waals surface area contributed by atoms with E-state index in [1.807, 2.05) is 6.92 Å². The average Bonchev–Trinajstić information content (AvgIpc) is 3.04. The predicted molar refractivity (Wildman–Crippen MR) is 112 cm³/mol. The molecule has 11 heteroatoms. The fourth-order valence-corrected chi connectivity index (χ4v) is 8.76. The molecule has 2 saturated carbocycles. The molecule has 0 amide bonds. The third kappa shape index (κ3) is 3.52. The van der Waals surface area contributed by atoms with Crippen LogP contribution in [0.25, 0.3) is 0 Å². The number of sulfone groups is 1. The Balaban J connectivity index is 1.72. The highest BCUT2D eigenvalue weighted by Crippen LogP contribution is 2.67. The topological polar surface area (TPSA) is 104 Å². The number of halogens is 3. The maximum atomic E-state index is 13.4. The molecule has 0 aliphatic heterocycles. The average molecular weight is 492 g/mol. The second-order valence-electron chi connectivity index (χ2n) is 10.4. The van der Waals surface area contributed by atoms with Crippen LogP contribution in [0.5, 0.6) is 0 Å². The van der Waals surface area contributed by atoms with Crippen LogP contribution in [-0.2, 0) is 19.4 Å². The van der Waals surface area contributed by atoms with E-state index in [0.717, 1.165) is 0 Å². The monoisotopic (exact) mass is 491 g/mol. The zero-order chi connectivity index (χ0) is 24.6. The quantitative estimate of drug-likeness (QED) is 0.316. The number of rotatable bonds is 3. The summed E-state index contributed by atoms with van der Waals surface area (Å²) in [4.78, 5) is 22.5. The fraction of sp³-hybridized carbons (Fsp3) is 0.773. The molecule has 2 fully saturated rings. The van der Waals surface area contributed by atoms with E-state index < -0.39 is 54.0 Å². The molecule has 0 unspecified atom stereocenters. The second kappa shape index (κ2) is 7.55. The normalized spacial score (nSPS) is 38.7. The van der Waals surface area contributed by atoms with E-state index >= 15 is 0 Å².